The zero-order valence-electron chi connectivity index (χ0n) is 11.2. The van der Waals surface area contributed by atoms with Crippen LogP contribution in [0.2, 0.25) is 0 Å². The summed E-state index contributed by atoms with van der Waals surface area (Å²) in [6.07, 6.45) is 4.13. The van der Waals surface area contributed by atoms with Crippen LogP contribution in [0.5, 0.6) is 5.75 Å². The van der Waals surface area contributed by atoms with Gasteiger partial charge in [0.25, 0.3) is 0 Å². The number of nitriles is 1. The SMILES string of the molecule is CNCc1ccn(Cc2cc(C#N)ccc2OC)c1. The summed E-state index contributed by atoms with van der Waals surface area (Å²) in [6.45, 7) is 1.55. The van der Waals surface area contributed by atoms with Gasteiger partial charge >= 0.3 is 0 Å². The Morgan fingerprint density at radius 2 is 2.21 bits per heavy atom. The Balaban J connectivity index is 2.23. The second kappa shape index (κ2) is 6.07. The van der Waals surface area contributed by atoms with E-state index in [0.717, 1.165) is 17.9 Å². The first kappa shape index (κ1) is 13.2. The maximum Gasteiger partial charge on any atom is 0.123 e. The largest absolute Gasteiger partial charge is 0.496 e. The van der Waals surface area contributed by atoms with Crippen molar-refractivity contribution < 1.29 is 4.74 Å². The first-order chi connectivity index (χ1) is 9.26. The zero-order valence-corrected chi connectivity index (χ0v) is 11.2. The molecule has 0 saturated carbocycles. The molecule has 2 aromatic rings. The van der Waals surface area contributed by atoms with Crippen LogP contribution in [0, 0.1) is 11.3 Å². The molecule has 0 aliphatic heterocycles. The summed E-state index contributed by atoms with van der Waals surface area (Å²) < 4.78 is 7.43. The summed E-state index contributed by atoms with van der Waals surface area (Å²) in [5.74, 6) is 0.808. The Hall–Kier alpha value is -2.25. The number of rotatable bonds is 5. The molecule has 0 radical (unpaired) electrons. The molecule has 0 spiro atoms. The van der Waals surface area contributed by atoms with E-state index < -0.39 is 0 Å². The molecule has 0 unspecified atom stereocenters. The van der Waals surface area contributed by atoms with Crippen LogP contribution < -0.4 is 10.1 Å². The molecule has 0 amide bonds. The Morgan fingerprint density at radius 1 is 1.37 bits per heavy atom. The Labute approximate surface area is 113 Å². The Kier molecular flexibility index (Phi) is 4.22. The lowest BCUT2D eigenvalue weighted by atomic mass is 10.1. The van der Waals surface area contributed by atoms with Gasteiger partial charge in [0.05, 0.1) is 25.3 Å². The van der Waals surface area contributed by atoms with Crippen molar-refractivity contribution in [1.29, 1.82) is 5.26 Å². The third-order valence-corrected chi connectivity index (χ3v) is 2.96. The van der Waals surface area contributed by atoms with Crippen molar-refractivity contribution in [1.82, 2.24) is 9.88 Å². The highest BCUT2D eigenvalue weighted by Crippen LogP contribution is 2.21. The zero-order chi connectivity index (χ0) is 13.7. The van der Waals surface area contributed by atoms with Crippen molar-refractivity contribution in [2.75, 3.05) is 14.2 Å². The van der Waals surface area contributed by atoms with Crippen LogP contribution in [-0.4, -0.2) is 18.7 Å². The average Bonchev–Trinajstić information content (AvgIpc) is 2.86. The molecule has 1 aromatic heterocycles. The molecule has 1 aromatic carbocycles. The van der Waals surface area contributed by atoms with Crippen LogP contribution >= 0.6 is 0 Å². The van der Waals surface area contributed by atoms with E-state index in [1.165, 1.54) is 5.56 Å². The number of hydrogen-bond acceptors (Lipinski definition) is 3. The molecular weight excluding hydrogens is 238 g/mol. The predicted molar refractivity (Wildman–Crippen MR) is 74.0 cm³/mol. The fourth-order valence-corrected chi connectivity index (χ4v) is 2.07. The van der Waals surface area contributed by atoms with E-state index in [1.807, 2.05) is 25.4 Å². The van der Waals surface area contributed by atoms with Crippen molar-refractivity contribution in [2.45, 2.75) is 13.1 Å². The van der Waals surface area contributed by atoms with Gasteiger partial charge in [0.1, 0.15) is 5.75 Å². The maximum atomic E-state index is 8.96. The van der Waals surface area contributed by atoms with Crippen molar-refractivity contribution in [3.05, 3.63) is 53.3 Å². The lowest BCUT2D eigenvalue weighted by molar-refractivity contribution is 0.408. The van der Waals surface area contributed by atoms with Crippen LogP contribution in [-0.2, 0) is 13.1 Å². The molecule has 2 rings (SSSR count). The van der Waals surface area contributed by atoms with Crippen LogP contribution in [0.25, 0.3) is 0 Å². The second-order valence-electron chi connectivity index (χ2n) is 4.36. The molecule has 1 N–H and O–H groups in total. The number of aromatic nitrogens is 1. The van der Waals surface area contributed by atoms with Crippen LogP contribution in [0.1, 0.15) is 16.7 Å². The molecule has 0 fully saturated rings. The first-order valence-corrected chi connectivity index (χ1v) is 6.13. The topological polar surface area (TPSA) is 50.0 Å². The van der Waals surface area contributed by atoms with E-state index in [-0.39, 0.29) is 0 Å². The molecule has 1 heterocycles. The number of benzene rings is 1. The average molecular weight is 255 g/mol. The lowest BCUT2D eigenvalue weighted by Gasteiger charge is -2.09. The fourth-order valence-electron chi connectivity index (χ4n) is 2.07. The smallest absolute Gasteiger partial charge is 0.123 e. The van der Waals surface area contributed by atoms with Crippen LogP contribution in [0.15, 0.2) is 36.7 Å². The quantitative estimate of drug-likeness (QED) is 0.890. The van der Waals surface area contributed by atoms with E-state index in [4.69, 9.17) is 10.00 Å². The van der Waals surface area contributed by atoms with E-state index in [9.17, 15) is 0 Å². The maximum absolute atomic E-state index is 8.96. The standard InChI is InChI=1S/C15H17N3O/c1-17-9-13-5-6-18(10-13)11-14-7-12(8-16)3-4-15(14)19-2/h3-7,10,17H,9,11H2,1-2H3. The van der Waals surface area contributed by atoms with Gasteiger partial charge in [-0.1, -0.05) is 0 Å². The fraction of sp³-hybridized carbons (Fsp3) is 0.267. The minimum Gasteiger partial charge on any atom is -0.496 e. The molecule has 19 heavy (non-hydrogen) atoms. The van der Waals surface area contributed by atoms with Gasteiger partial charge in [-0.05, 0) is 36.9 Å². The summed E-state index contributed by atoms with van der Waals surface area (Å²) in [5.41, 5.74) is 2.89. The minimum atomic E-state index is 0.651. The van der Waals surface area contributed by atoms with Crippen molar-refractivity contribution in [3.63, 3.8) is 0 Å². The number of hydrogen-bond donors (Lipinski definition) is 1. The molecule has 4 nitrogen and oxygen atoms in total. The van der Waals surface area contributed by atoms with Gasteiger partial charge in [-0.3, -0.25) is 0 Å². The Morgan fingerprint density at radius 3 is 2.89 bits per heavy atom. The summed E-state index contributed by atoms with van der Waals surface area (Å²) >= 11 is 0. The third kappa shape index (κ3) is 3.15. The molecule has 0 saturated heterocycles. The summed E-state index contributed by atoms with van der Waals surface area (Å²) in [6, 6.07) is 9.71. The van der Waals surface area contributed by atoms with Gasteiger partial charge in [-0.2, -0.15) is 5.26 Å². The van der Waals surface area contributed by atoms with Gasteiger partial charge in [0, 0.05) is 24.5 Å². The molecule has 0 aliphatic rings. The van der Waals surface area contributed by atoms with Gasteiger partial charge < -0.3 is 14.6 Å². The van der Waals surface area contributed by atoms with E-state index in [0.29, 0.717) is 12.1 Å². The third-order valence-electron chi connectivity index (χ3n) is 2.96. The second-order valence-corrected chi connectivity index (χ2v) is 4.36. The van der Waals surface area contributed by atoms with Gasteiger partial charge in [-0.25, -0.2) is 0 Å². The number of methoxy groups -OCH3 is 1. The molecule has 98 valence electrons. The molecule has 4 heteroatoms. The van der Waals surface area contributed by atoms with E-state index >= 15 is 0 Å². The Bertz CT molecular complexity index is 596. The molecule has 0 bridgehead atoms. The molecule has 0 aliphatic carbocycles. The number of nitrogens with one attached hydrogen (secondary N) is 1. The summed E-state index contributed by atoms with van der Waals surface area (Å²) in [5, 5.41) is 12.1. The van der Waals surface area contributed by atoms with E-state index in [2.05, 4.69) is 28.2 Å². The van der Waals surface area contributed by atoms with Gasteiger partial charge in [0.15, 0.2) is 0 Å². The van der Waals surface area contributed by atoms with E-state index in [1.54, 1.807) is 13.2 Å². The normalized spacial score (nSPS) is 10.2. The highest BCUT2D eigenvalue weighted by molar-refractivity contribution is 5.42. The lowest BCUT2D eigenvalue weighted by Crippen LogP contribution is -2.04. The summed E-state index contributed by atoms with van der Waals surface area (Å²) in [4.78, 5) is 0. The van der Waals surface area contributed by atoms with Crippen LogP contribution in [0.3, 0.4) is 0 Å². The highest BCUT2D eigenvalue weighted by Gasteiger charge is 2.06. The first-order valence-electron chi connectivity index (χ1n) is 6.13. The predicted octanol–water partition coefficient (Wildman–Crippen LogP) is 2.14. The van der Waals surface area contributed by atoms with Crippen molar-refractivity contribution in [3.8, 4) is 11.8 Å². The van der Waals surface area contributed by atoms with Gasteiger partial charge in [-0.15, -0.1) is 0 Å². The van der Waals surface area contributed by atoms with Gasteiger partial charge in [0.2, 0.25) is 0 Å². The number of nitrogens with zero attached hydrogens (tertiary/aromatic N) is 2. The highest BCUT2D eigenvalue weighted by atomic mass is 16.5. The molecule has 0 atom stereocenters. The minimum absolute atomic E-state index is 0.651. The molecular formula is C15H17N3O. The summed E-state index contributed by atoms with van der Waals surface area (Å²) in [7, 11) is 3.57. The monoisotopic (exact) mass is 255 g/mol. The van der Waals surface area contributed by atoms with Crippen molar-refractivity contribution >= 4 is 0 Å². The van der Waals surface area contributed by atoms with Crippen molar-refractivity contribution in [2.24, 2.45) is 0 Å². The number of ether oxygens (including phenoxy) is 1. The van der Waals surface area contributed by atoms with Crippen LogP contribution in [0.4, 0.5) is 0 Å².